The number of hydrogen-bond donors (Lipinski definition) is 1. The van der Waals surface area contributed by atoms with Gasteiger partial charge in [0.2, 0.25) is 5.88 Å². The summed E-state index contributed by atoms with van der Waals surface area (Å²) in [6.07, 6.45) is 1.45. The maximum absolute atomic E-state index is 11.6. The quantitative estimate of drug-likeness (QED) is 0.785. The van der Waals surface area contributed by atoms with Gasteiger partial charge in [0.25, 0.3) is 0 Å². The molecule has 0 radical (unpaired) electrons. The van der Waals surface area contributed by atoms with Crippen molar-refractivity contribution in [3.8, 4) is 11.9 Å². The van der Waals surface area contributed by atoms with E-state index in [1.807, 2.05) is 6.07 Å². The Bertz CT molecular complexity index is 509. The molecule has 1 N–H and O–H groups in total. The Morgan fingerprint density at radius 3 is 3.15 bits per heavy atom. The maximum Gasteiger partial charge on any atom is 0.317 e. The molecule has 0 bridgehead atoms. The summed E-state index contributed by atoms with van der Waals surface area (Å²) in [5.74, 6) is 0.411. The number of nitrogens with one attached hydrogen (secondary N) is 1. The lowest BCUT2D eigenvalue weighted by atomic mass is 10.2. The highest BCUT2D eigenvalue weighted by Gasteiger charge is 2.32. The van der Waals surface area contributed by atoms with E-state index in [1.165, 1.54) is 6.20 Å². The number of hydrogen-bond acceptors (Lipinski definition) is 5. The second-order valence-corrected chi connectivity index (χ2v) is 4.36. The van der Waals surface area contributed by atoms with Crippen LogP contribution in [-0.2, 0) is 4.74 Å². The Balaban J connectivity index is 1.73. The van der Waals surface area contributed by atoms with Gasteiger partial charge in [-0.2, -0.15) is 5.26 Å². The molecule has 1 aromatic heterocycles. The number of amides is 2. The minimum atomic E-state index is -0.124. The van der Waals surface area contributed by atoms with Crippen molar-refractivity contribution in [1.82, 2.24) is 15.2 Å². The zero-order valence-corrected chi connectivity index (χ0v) is 11.2. The number of likely N-dealkylation sites (tertiary alicyclic amines) is 1. The first-order valence-electron chi connectivity index (χ1n) is 6.27. The molecule has 2 rings (SSSR count). The van der Waals surface area contributed by atoms with Crippen LogP contribution in [0.3, 0.4) is 0 Å². The van der Waals surface area contributed by atoms with E-state index in [1.54, 1.807) is 24.1 Å². The summed E-state index contributed by atoms with van der Waals surface area (Å²) in [7, 11) is 1.59. The zero-order chi connectivity index (χ0) is 14.4. The van der Waals surface area contributed by atoms with Crippen molar-refractivity contribution in [3.05, 3.63) is 23.9 Å². The highest BCUT2D eigenvalue weighted by atomic mass is 16.5. The molecule has 0 spiro atoms. The fraction of sp³-hybridized carbons (Fsp3) is 0.462. The van der Waals surface area contributed by atoms with Crippen molar-refractivity contribution < 1.29 is 14.3 Å². The van der Waals surface area contributed by atoms with E-state index in [0.29, 0.717) is 37.7 Å². The third-order valence-electron chi connectivity index (χ3n) is 2.87. The summed E-state index contributed by atoms with van der Waals surface area (Å²) in [4.78, 5) is 17.3. The molecule has 1 aromatic rings. The standard InChI is InChI=1S/C13H16N4O3/c1-19-5-4-16-13(18)17-8-11(9-17)20-12-6-10(7-14)2-3-15-12/h2-3,6,11H,4-5,8-9H2,1H3,(H,16,18). The van der Waals surface area contributed by atoms with Crippen LogP contribution in [0, 0.1) is 11.3 Å². The molecule has 7 heteroatoms. The molecule has 0 aliphatic carbocycles. The molecule has 1 fully saturated rings. The number of aromatic nitrogens is 1. The Kier molecular flexibility index (Phi) is 4.74. The summed E-state index contributed by atoms with van der Waals surface area (Å²) in [6.45, 7) is 2.00. The van der Waals surface area contributed by atoms with Crippen LogP contribution in [0.4, 0.5) is 4.79 Å². The Labute approximate surface area is 117 Å². The van der Waals surface area contributed by atoms with Crippen LogP contribution < -0.4 is 10.1 Å². The molecule has 2 amide bonds. The van der Waals surface area contributed by atoms with Crippen LogP contribution in [0.15, 0.2) is 18.3 Å². The third-order valence-corrected chi connectivity index (χ3v) is 2.87. The van der Waals surface area contributed by atoms with Gasteiger partial charge in [-0.25, -0.2) is 9.78 Å². The van der Waals surface area contributed by atoms with E-state index in [-0.39, 0.29) is 12.1 Å². The maximum atomic E-state index is 11.6. The molecule has 0 saturated carbocycles. The van der Waals surface area contributed by atoms with E-state index in [9.17, 15) is 4.79 Å². The van der Waals surface area contributed by atoms with Gasteiger partial charge >= 0.3 is 6.03 Å². The highest BCUT2D eigenvalue weighted by molar-refractivity contribution is 5.75. The van der Waals surface area contributed by atoms with Gasteiger partial charge in [-0.15, -0.1) is 0 Å². The van der Waals surface area contributed by atoms with Gasteiger partial charge in [-0.05, 0) is 6.07 Å². The lowest BCUT2D eigenvalue weighted by Crippen LogP contribution is -2.59. The molecular formula is C13H16N4O3. The Morgan fingerprint density at radius 2 is 2.45 bits per heavy atom. The molecule has 0 aromatic carbocycles. The van der Waals surface area contributed by atoms with Gasteiger partial charge in [-0.3, -0.25) is 0 Å². The fourth-order valence-corrected chi connectivity index (χ4v) is 1.76. The molecule has 1 saturated heterocycles. The SMILES string of the molecule is COCCNC(=O)N1CC(Oc2cc(C#N)ccn2)C1. The molecular weight excluding hydrogens is 260 g/mol. The fourth-order valence-electron chi connectivity index (χ4n) is 1.76. The molecule has 1 aliphatic heterocycles. The number of ether oxygens (including phenoxy) is 2. The lowest BCUT2D eigenvalue weighted by Gasteiger charge is -2.38. The van der Waals surface area contributed by atoms with Crippen molar-refractivity contribution >= 4 is 6.03 Å². The van der Waals surface area contributed by atoms with Gasteiger partial charge in [0.05, 0.1) is 31.3 Å². The van der Waals surface area contributed by atoms with Crippen LogP contribution in [0.25, 0.3) is 0 Å². The first-order valence-corrected chi connectivity index (χ1v) is 6.27. The summed E-state index contributed by atoms with van der Waals surface area (Å²) < 4.78 is 10.4. The van der Waals surface area contributed by atoms with E-state index < -0.39 is 0 Å². The van der Waals surface area contributed by atoms with Crippen molar-refractivity contribution in [2.75, 3.05) is 33.4 Å². The van der Waals surface area contributed by atoms with Crippen molar-refractivity contribution in [2.24, 2.45) is 0 Å². The minimum absolute atomic E-state index is 0.0791. The van der Waals surface area contributed by atoms with E-state index in [4.69, 9.17) is 14.7 Å². The number of pyridine rings is 1. The molecule has 1 aliphatic rings. The van der Waals surface area contributed by atoms with Crippen molar-refractivity contribution in [3.63, 3.8) is 0 Å². The number of carbonyl (C=O) groups excluding carboxylic acids is 1. The number of nitrogens with zero attached hydrogens (tertiary/aromatic N) is 3. The third kappa shape index (κ3) is 3.59. The second-order valence-electron chi connectivity index (χ2n) is 4.36. The highest BCUT2D eigenvalue weighted by Crippen LogP contribution is 2.16. The van der Waals surface area contributed by atoms with Crippen LogP contribution in [0.5, 0.6) is 5.88 Å². The topological polar surface area (TPSA) is 87.5 Å². The van der Waals surface area contributed by atoms with Crippen LogP contribution >= 0.6 is 0 Å². The van der Waals surface area contributed by atoms with E-state index >= 15 is 0 Å². The van der Waals surface area contributed by atoms with Gasteiger partial charge in [0.1, 0.15) is 6.10 Å². The number of nitriles is 1. The molecule has 106 valence electrons. The Hall–Kier alpha value is -2.33. The van der Waals surface area contributed by atoms with Crippen molar-refractivity contribution in [1.29, 1.82) is 5.26 Å². The second kappa shape index (κ2) is 6.73. The van der Waals surface area contributed by atoms with Gasteiger partial charge in [-0.1, -0.05) is 0 Å². The van der Waals surface area contributed by atoms with Gasteiger partial charge < -0.3 is 19.7 Å². The average molecular weight is 276 g/mol. The van der Waals surface area contributed by atoms with E-state index in [2.05, 4.69) is 10.3 Å². The largest absolute Gasteiger partial charge is 0.471 e. The Morgan fingerprint density at radius 1 is 1.65 bits per heavy atom. The van der Waals surface area contributed by atoms with Crippen molar-refractivity contribution in [2.45, 2.75) is 6.10 Å². The van der Waals surface area contributed by atoms with Crippen LogP contribution in [-0.4, -0.2) is 55.4 Å². The number of carbonyl (C=O) groups is 1. The van der Waals surface area contributed by atoms with Crippen LogP contribution in [0.1, 0.15) is 5.56 Å². The lowest BCUT2D eigenvalue weighted by molar-refractivity contribution is 0.0408. The monoisotopic (exact) mass is 276 g/mol. The summed E-state index contributed by atoms with van der Waals surface area (Å²) >= 11 is 0. The zero-order valence-electron chi connectivity index (χ0n) is 11.2. The molecule has 0 atom stereocenters. The number of urea groups is 1. The average Bonchev–Trinajstić information content (AvgIpc) is 2.42. The predicted molar refractivity (Wildman–Crippen MR) is 70.2 cm³/mol. The first-order chi connectivity index (χ1) is 9.72. The summed E-state index contributed by atoms with van der Waals surface area (Å²) in [5.41, 5.74) is 0.503. The summed E-state index contributed by atoms with van der Waals surface area (Å²) in [5, 5.41) is 11.5. The molecule has 0 unspecified atom stereocenters. The normalized spacial score (nSPS) is 14.3. The first kappa shape index (κ1) is 14.1. The van der Waals surface area contributed by atoms with Crippen LogP contribution in [0.2, 0.25) is 0 Å². The number of methoxy groups -OCH3 is 1. The smallest absolute Gasteiger partial charge is 0.317 e. The van der Waals surface area contributed by atoms with E-state index in [0.717, 1.165) is 0 Å². The molecule has 2 heterocycles. The predicted octanol–water partition coefficient (Wildman–Crippen LogP) is 0.372. The molecule has 20 heavy (non-hydrogen) atoms. The van der Waals surface area contributed by atoms with Gasteiger partial charge in [0, 0.05) is 25.9 Å². The minimum Gasteiger partial charge on any atom is -0.471 e. The van der Waals surface area contributed by atoms with Gasteiger partial charge in [0.15, 0.2) is 0 Å². The number of rotatable bonds is 5. The molecule has 7 nitrogen and oxygen atoms in total. The summed E-state index contributed by atoms with van der Waals surface area (Å²) in [6, 6.07) is 5.10.